The maximum atomic E-state index is 4.29. The van der Waals surface area contributed by atoms with Gasteiger partial charge in [0.2, 0.25) is 0 Å². The van der Waals surface area contributed by atoms with Crippen LogP contribution >= 0.6 is 15.9 Å². The Morgan fingerprint density at radius 3 is 2.78 bits per heavy atom. The highest BCUT2D eigenvalue weighted by atomic mass is 79.9. The lowest BCUT2D eigenvalue weighted by atomic mass is 9.80. The highest BCUT2D eigenvalue weighted by molar-refractivity contribution is 9.10. The van der Waals surface area contributed by atoms with Crippen molar-refractivity contribution in [1.29, 1.82) is 0 Å². The fraction of sp³-hybridized carbons (Fsp3) is 0.667. The minimum atomic E-state index is 0.470. The molecule has 1 aromatic rings. The number of nitrogens with one attached hydrogen (secondary N) is 1. The molecule has 0 aliphatic heterocycles. The Balaban J connectivity index is 2.01. The van der Waals surface area contributed by atoms with Gasteiger partial charge in [0.15, 0.2) is 0 Å². The van der Waals surface area contributed by atoms with Crippen molar-refractivity contribution in [3.8, 4) is 0 Å². The quantitative estimate of drug-likeness (QED) is 0.805. The maximum absolute atomic E-state index is 4.29. The average Bonchev–Trinajstić information content (AvgIpc) is 2.78. The Morgan fingerprint density at radius 2 is 2.11 bits per heavy atom. The molecule has 0 saturated heterocycles. The number of aromatic nitrogens is 1. The van der Waals surface area contributed by atoms with E-state index in [0.29, 0.717) is 5.41 Å². The highest BCUT2D eigenvalue weighted by Gasteiger charge is 2.33. The normalized spacial score (nSPS) is 18.1. The third-order valence-corrected chi connectivity index (χ3v) is 4.37. The molecule has 0 amide bonds. The van der Waals surface area contributed by atoms with Gasteiger partial charge in [-0.25, -0.2) is 0 Å². The summed E-state index contributed by atoms with van der Waals surface area (Å²) < 4.78 is 1.09. The van der Waals surface area contributed by atoms with E-state index in [4.69, 9.17) is 0 Å². The Morgan fingerprint density at radius 1 is 1.33 bits per heavy atom. The number of hydrogen-bond donors (Lipinski definition) is 1. The standard InChI is InChI=1S/C15H23BrN2/c1-2-7-17-12-15(5-3-4-6-15)9-13-8-14(16)11-18-10-13/h8,10-11,17H,2-7,9,12H2,1H3. The third-order valence-electron chi connectivity index (χ3n) is 3.93. The SMILES string of the molecule is CCCNCC1(Cc2cncc(Br)c2)CCCC1. The molecule has 1 N–H and O–H groups in total. The first kappa shape index (κ1) is 14.0. The molecule has 0 unspecified atom stereocenters. The molecule has 2 nitrogen and oxygen atoms in total. The molecule has 0 bridgehead atoms. The number of hydrogen-bond acceptors (Lipinski definition) is 2. The topological polar surface area (TPSA) is 24.9 Å². The Bertz CT molecular complexity index is 373. The van der Waals surface area contributed by atoms with Gasteiger partial charge in [0.1, 0.15) is 0 Å². The van der Waals surface area contributed by atoms with E-state index in [-0.39, 0.29) is 0 Å². The zero-order valence-electron chi connectivity index (χ0n) is 11.2. The van der Waals surface area contributed by atoms with Crippen LogP contribution in [0.4, 0.5) is 0 Å². The van der Waals surface area contributed by atoms with E-state index < -0.39 is 0 Å². The van der Waals surface area contributed by atoms with Gasteiger partial charge in [0.05, 0.1) is 0 Å². The van der Waals surface area contributed by atoms with Crippen LogP contribution in [0.15, 0.2) is 22.9 Å². The van der Waals surface area contributed by atoms with Crippen LogP contribution in [0.2, 0.25) is 0 Å². The molecule has 1 aliphatic carbocycles. The molecule has 1 heterocycles. The Hall–Kier alpha value is -0.410. The summed E-state index contributed by atoms with van der Waals surface area (Å²) in [5.41, 5.74) is 1.84. The molecule has 1 aliphatic rings. The van der Waals surface area contributed by atoms with Crippen molar-refractivity contribution in [3.05, 3.63) is 28.5 Å². The molecular weight excluding hydrogens is 288 g/mol. The van der Waals surface area contributed by atoms with Crippen molar-refractivity contribution in [2.75, 3.05) is 13.1 Å². The lowest BCUT2D eigenvalue weighted by Crippen LogP contribution is -2.34. The molecule has 0 radical (unpaired) electrons. The second-order valence-electron chi connectivity index (χ2n) is 5.57. The lowest BCUT2D eigenvalue weighted by molar-refractivity contribution is 0.278. The van der Waals surface area contributed by atoms with Crippen molar-refractivity contribution < 1.29 is 0 Å². The Labute approximate surface area is 119 Å². The van der Waals surface area contributed by atoms with Gasteiger partial charge in [-0.05, 0) is 65.2 Å². The van der Waals surface area contributed by atoms with Crippen LogP contribution in [0.5, 0.6) is 0 Å². The van der Waals surface area contributed by atoms with Gasteiger partial charge in [0.25, 0.3) is 0 Å². The van der Waals surface area contributed by atoms with Crippen LogP contribution in [-0.2, 0) is 6.42 Å². The summed E-state index contributed by atoms with van der Waals surface area (Å²) in [6.45, 7) is 4.53. The predicted octanol–water partition coefficient (Wildman–Crippen LogP) is 3.95. The van der Waals surface area contributed by atoms with Crippen molar-refractivity contribution in [2.45, 2.75) is 45.4 Å². The number of nitrogens with zero attached hydrogens (tertiary/aromatic N) is 1. The maximum Gasteiger partial charge on any atom is 0.0410 e. The monoisotopic (exact) mass is 310 g/mol. The van der Waals surface area contributed by atoms with Crippen molar-refractivity contribution in [3.63, 3.8) is 0 Å². The van der Waals surface area contributed by atoms with E-state index in [1.165, 1.54) is 37.7 Å². The first-order valence-corrected chi connectivity index (χ1v) is 7.84. The summed E-state index contributed by atoms with van der Waals surface area (Å²) in [6, 6.07) is 2.22. The summed E-state index contributed by atoms with van der Waals surface area (Å²) in [5, 5.41) is 3.62. The van der Waals surface area contributed by atoms with Crippen LogP contribution in [0.25, 0.3) is 0 Å². The zero-order chi connectivity index (χ0) is 12.8. The second kappa shape index (κ2) is 6.67. The van der Waals surface area contributed by atoms with E-state index in [1.54, 1.807) is 0 Å². The van der Waals surface area contributed by atoms with Gasteiger partial charge in [-0.15, -0.1) is 0 Å². The summed E-state index contributed by atoms with van der Waals surface area (Å²) in [4.78, 5) is 4.29. The van der Waals surface area contributed by atoms with E-state index in [2.05, 4.69) is 39.2 Å². The molecule has 0 aromatic carbocycles. The molecule has 1 saturated carbocycles. The summed E-state index contributed by atoms with van der Waals surface area (Å²) >= 11 is 3.51. The van der Waals surface area contributed by atoms with Gasteiger partial charge >= 0.3 is 0 Å². The number of rotatable bonds is 6. The molecule has 0 atom stereocenters. The molecule has 100 valence electrons. The van der Waals surface area contributed by atoms with Crippen LogP contribution < -0.4 is 5.32 Å². The molecule has 3 heteroatoms. The van der Waals surface area contributed by atoms with Crippen molar-refractivity contribution in [1.82, 2.24) is 10.3 Å². The van der Waals surface area contributed by atoms with Gasteiger partial charge in [-0.1, -0.05) is 19.8 Å². The fourth-order valence-electron chi connectivity index (χ4n) is 3.06. The fourth-order valence-corrected chi connectivity index (χ4v) is 3.47. The average molecular weight is 311 g/mol. The summed E-state index contributed by atoms with van der Waals surface area (Å²) in [7, 11) is 0. The van der Waals surface area contributed by atoms with Crippen LogP contribution in [-0.4, -0.2) is 18.1 Å². The van der Waals surface area contributed by atoms with Crippen LogP contribution in [0.3, 0.4) is 0 Å². The molecule has 18 heavy (non-hydrogen) atoms. The minimum absolute atomic E-state index is 0.470. The van der Waals surface area contributed by atoms with Crippen LogP contribution in [0, 0.1) is 5.41 Å². The Kier molecular flexibility index (Phi) is 5.19. The lowest BCUT2D eigenvalue weighted by Gasteiger charge is -2.29. The third kappa shape index (κ3) is 3.79. The number of pyridine rings is 1. The smallest absolute Gasteiger partial charge is 0.0410 e. The van der Waals surface area contributed by atoms with E-state index in [0.717, 1.165) is 24.0 Å². The van der Waals surface area contributed by atoms with Crippen LogP contribution in [0.1, 0.15) is 44.6 Å². The molecular formula is C15H23BrN2. The van der Waals surface area contributed by atoms with Crippen molar-refractivity contribution >= 4 is 15.9 Å². The minimum Gasteiger partial charge on any atom is -0.316 e. The van der Waals surface area contributed by atoms with Gasteiger partial charge < -0.3 is 5.32 Å². The first-order chi connectivity index (χ1) is 8.74. The molecule has 0 spiro atoms. The molecule has 2 rings (SSSR count). The zero-order valence-corrected chi connectivity index (χ0v) is 12.8. The summed E-state index contributed by atoms with van der Waals surface area (Å²) in [5.74, 6) is 0. The highest BCUT2D eigenvalue weighted by Crippen LogP contribution is 2.40. The molecule has 1 fully saturated rings. The largest absolute Gasteiger partial charge is 0.316 e. The summed E-state index contributed by atoms with van der Waals surface area (Å²) in [6.07, 6.45) is 11.7. The van der Waals surface area contributed by atoms with Gasteiger partial charge in [-0.2, -0.15) is 0 Å². The van der Waals surface area contributed by atoms with E-state index in [9.17, 15) is 0 Å². The van der Waals surface area contributed by atoms with Crippen molar-refractivity contribution in [2.24, 2.45) is 5.41 Å². The predicted molar refractivity (Wildman–Crippen MR) is 79.7 cm³/mol. The van der Waals surface area contributed by atoms with Gasteiger partial charge in [0, 0.05) is 23.4 Å². The number of halogens is 1. The molecule has 1 aromatic heterocycles. The van der Waals surface area contributed by atoms with E-state index in [1.807, 2.05) is 12.4 Å². The second-order valence-corrected chi connectivity index (χ2v) is 6.49. The van der Waals surface area contributed by atoms with E-state index >= 15 is 0 Å². The van der Waals surface area contributed by atoms with Gasteiger partial charge in [-0.3, -0.25) is 4.98 Å². The first-order valence-electron chi connectivity index (χ1n) is 7.04.